The third-order valence-corrected chi connectivity index (χ3v) is 6.61. The molecule has 2 fully saturated rings. The van der Waals surface area contributed by atoms with Gasteiger partial charge in [0.2, 0.25) is 0 Å². The van der Waals surface area contributed by atoms with Gasteiger partial charge in [0.1, 0.15) is 16.2 Å². The molecule has 2 saturated carbocycles. The van der Waals surface area contributed by atoms with Gasteiger partial charge in [0.25, 0.3) is 5.56 Å². The summed E-state index contributed by atoms with van der Waals surface area (Å²) in [6.07, 6.45) is 3.92. The zero-order valence-electron chi connectivity index (χ0n) is 14.7. The van der Waals surface area contributed by atoms with E-state index < -0.39 is 11.2 Å². The summed E-state index contributed by atoms with van der Waals surface area (Å²) in [5.74, 6) is 1.57. The summed E-state index contributed by atoms with van der Waals surface area (Å²) in [6, 6.07) is 5.46. The molecule has 0 atom stereocenters. The van der Waals surface area contributed by atoms with E-state index in [9.17, 15) is 9.59 Å². The van der Waals surface area contributed by atoms with E-state index in [1.807, 2.05) is 6.07 Å². The zero-order chi connectivity index (χ0) is 19.4. The molecule has 5 rings (SSSR count). The van der Waals surface area contributed by atoms with Crippen molar-refractivity contribution in [1.29, 1.82) is 0 Å². The molecule has 1 aromatic carbocycles. The monoisotopic (exact) mass is 434 g/mol. The maximum absolute atomic E-state index is 12.6. The minimum atomic E-state index is -0.441. The number of hydrogen-bond donors (Lipinski definition) is 1. The molecule has 0 aliphatic heterocycles. The summed E-state index contributed by atoms with van der Waals surface area (Å²) >= 11 is 13.7. The van der Waals surface area contributed by atoms with Crippen LogP contribution in [0.2, 0.25) is 10.0 Å². The third-order valence-electron chi connectivity index (χ3n) is 5.00. The fraction of sp³-hybridized carbons (Fsp3) is 0.368. The SMILES string of the molecule is O=c1[nH]c(=O)n(C2CC2)c2nc(C3CC3)nc(SCc3ccc(Cl)cc3Cl)c12. The molecule has 2 aromatic heterocycles. The molecule has 2 heterocycles. The quantitative estimate of drug-likeness (QED) is 0.478. The first-order valence-corrected chi connectivity index (χ1v) is 10.9. The molecule has 0 amide bonds. The van der Waals surface area contributed by atoms with Crippen molar-refractivity contribution in [3.8, 4) is 0 Å². The molecule has 9 heteroatoms. The molecule has 2 aliphatic rings. The van der Waals surface area contributed by atoms with Crippen LogP contribution in [0.25, 0.3) is 11.0 Å². The molecule has 0 unspecified atom stereocenters. The summed E-state index contributed by atoms with van der Waals surface area (Å²) in [5.41, 5.74) is 0.529. The van der Waals surface area contributed by atoms with Crippen LogP contribution in [0, 0.1) is 0 Å². The lowest BCUT2D eigenvalue weighted by Gasteiger charge is -2.12. The molecule has 0 radical (unpaired) electrons. The summed E-state index contributed by atoms with van der Waals surface area (Å²) in [4.78, 5) is 36.8. The number of rotatable bonds is 5. The highest BCUT2D eigenvalue weighted by Gasteiger charge is 2.32. The Kier molecular flexibility index (Phi) is 4.49. The molecule has 6 nitrogen and oxygen atoms in total. The van der Waals surface area contributed by atoms with E-state index in [1.54, 1.807) is 16.7 Å². The van der Waals surface area contributed by atoms with Crippen LogP contribution in [0.15, 0.2) is 32.8 Å². The van der Waals surface area contributed by atoms with Crippen molar-refractivity contribution >= 4 is 46.0 Å². The number of fused-ring (bicyclic) bond motifs is 1. The van der Waals surface area contributed by atoms with E-state index >= 15 is 0 Å². The average Bonchev–Trinajstić information content (AvgIpc) is 3.53. The van der Waals surface area contributed by atoms with E-state index in [-0.39, 0.29) is 6.04 Å². The number of nitrogens with zero attached hydrogens (tertiary/aromatic N) is 3. The van der Waals surface area contributed by atoms with Crippen molar-refractivity contribution in [1.82, 2.24) is 19.5 Å². The molecular formula is C19H16Cl2N4O2S. The van der Waals surface area contributed by atoms with E-state index in [0.29, 0.717) is 37.8 Å². The average molecular weight is 435 g/mol. The predicted molar refractivity (Wildman–Crippen MR) is 111 cm³/mol. The van der Waals surface area contributed by atoms with Gasteiger partial charge in [-0.2, -0.15) is 0 Å². The van der Waals surface area contributed by atoms with Crippen LogP contribution in [0.4, 0.5) is 0 Å². The number of halogens is 2. The van der Waals surface area contributed by atoms with Gasteiger partial charge in [-0.15, -0.1) is 11.8 Å². The largest absolute Gasteiger partial charge is 0.330 e. The molecule has 0 bridgehead atoms. The lowest BCUT2D eigenvalue weighted by atomic mass is 10.2. The van der Waals surface area contributed by atoms with Crippen LogP contribution in [0.3, 0.4) is 0 Å². The first-order chi connectivity index (χ1) is 13.5. The Morgan fingerprint density at radius 1 is 1.14 bits per heavy atom. The Hall–Kier alpha value is -1.83. The number of aromatic amines is 1. The fourth-order valence-corrected chi connectivity index (χ4v) is 4.80. The Morgan fingerprint density at radius 3 is 2.61 bits per heavy atom. The van der Waals surface area contributed by atoms with Gasteiger partial charge in [-0.3, -0.25) is 14.3 Å². The van der Waals surface area contributed by atoms with Gasteiger partial charge >= 0.3 is 5.69 Å². The van der Waals surface area contributed by atoms with Crippen LogP contribution in [-0.4, -0.2) is 19.5 Å². The second-order valence-electron chi connectivity index (χ2n) is 7.24. The molecule has 3 aromatic rings. The standard InChI is InChI=1S/C19H16Cl2N4O2S/c20-11-4-3-10(13(21)7-11)8-28-18-14-16(22-15(23-18)9-1-2-9)25(12-5-6-12)19(27)24-17(14)26/h3-4,7,9,12H,1-2,5-6,8H2,(H,24,26,27). The van der Waals surface area contributed by atoms with Crippen molar-refractivity contribution in [2.45, 2.75) is 48.4 Å². The van der Waals surface area contributed by atoms with Crippen molar-refractivity contribution < 1.29 is 0 Å². The second kappa shape index (κ2) is 6.90. The molecule has 28 heavy (non-hydrogen) atoms. The van der Waals surface area contributed by atoms with Crippen LogP contribution in [-0.2, 0) is 5.75 Å². The Morgan fingerprint density at radius 2 is 1.93 bits per heavy atom. The lowest BCUT2D eigenvalue weighted by Crippen LogP contribution is -2.31. The summed E-state index contributed by atoms with van der Waals surface area (Å²) < 4.78 is 1.63. The van der Waals surface area contributed by atoms with Crippen LogP contribution < -0.4 is 11.2 Å². The lowest BCUT2D eigenvalue weighted by molar-refractivity contribution is 0.691. The Labute approximate surface area is 174 Å². The van der Waals surface area contributed by atoms with Gasteiger partial charge in [-0.05, 0) is 43.4 Å². The van der Waals surface area contributed by atoms with Gasteiger partial charge in [0.05, 0.1) is 0 Å². The van der Waals surface area contributed by atoms with Crippen LogP contribution >= 0.6 is 35.0 Å². The minimum Gasteiger partial charge on any atom is -0.274 e. The molecule has 2 aliphatic carbocycles. The smallest absolute Gasteiger partial charge is 0.274 e. The number of benzene rings is 1. The van der Waals surface area contributed by atoms with Gasteiger partial charge in [-0.1, -0.05) is 29.3 Å². The molecule has 0 saturated heterocycles. The Balaban J connectivity index is 1.63. The van der Waals surface area contributed by atoms with E-state index in [0.717, 1.165) is 37.1 Å². The topological polar surface area (TPSA) is 80.6 Å². The molecule has 1 N–H and O–H groups in total. The Bertz CT molecular complexity index is 1220. The third kappa shape index (κ3) is 3.36. The van der Waals surface area contributed by atoms with Crippen molar-refractivity contribution in [2.24, 2.45) is 0 Å². The summed E-state index contributed by atoms with van der Waals surface area (Å²) in [6.45, 7) is 0. The maximum Gasteiger partial charge on any atom is 0.330 e. The maximum atomic E-state index is 12.6. The fourth-order valence-electron chi connectivity index (χ4n) is 3.22. The van der Waals surface area contributed by atoms with Gasteiger partial charge in [-0.25, -0.2) is 14.8 Å². The number of hydrogen-bond acceptors (Lipinski definition) is 5. The van der Waals surface area contributed by atoms with Gasteiger partial charge in [0, 0.05) is 27.8 Å². The van der Waals surface area contributed by atoms with Crippen molar-refractivity contribution in [2.75, 3.05) is 0 Å². The highest BCUT2D eigenvalue weighted by Crippen LogP contribution is 2.41. The molecular weight excluding hydrogens is 419 g/mol. The van der Waals surface area contributed by atoms with Crippen LogP contribution in [0.1, 0.15) is 49.0 Å². The first kappa shape index (κ1) is 18.2. The predicted octanol–water partition coefficient (Wildman–Crippen LogP) is 4.29. The molecule has 0 spiro atoms. The summed E-state index contributed by atoms with van der Waals surface area (Å²) in [5, 5.41) is 2.12. The van der Waals surface area contributed by atoms with E-state index in [2.05, 4.69) is 15.0 Å². The number of nitrogens with one attached hydrogen (secondary N) is 1. The minimum absolute atomic E-state index is 0.109. The number of aromatic nitrogens is 4. The van der Waals surface area contributed by atoms with Crippen molar-refractivity contribution in [3.05, 3.63) is 60.5 Å². The number of H-pyrrole nitrogens is 1. The first-order valence-electron chi connectivity index (χ1n) is 9.14. The van der Waals surface area contributed by atoms with Gasteiger partial charge in [0.15, 0.2) is 5.65 Å². The normalized spacial score (nSPS) is 16.6. The highest BCUT2D eigenvalue weighted by molar-refractivity contribution is 7.98. The van der Waals surface area contributed by atoms with Crippen LogP contribution in [0.5, 0.6) is 0 Å². The number of thioether (sulfide) groups is 1. The van der Waals surface area contributed by atoms with E-state index in [1.165, 1.54) is 11.8 Å². The highest BCUT2D eigenvalue weighted by atomic mass is 35.5. The van der Waals surface area contributed by atoms with E-state index in [4.69, 9.17) is 23.2 Å². The van der Waals surface area contributed by atoms with Gasteiger partial charge < -0.3 is 0 Å². The zero-order valence-corrected chi connectivity index (χ0v) is 17.1. The summed E-state index contributed by atoms with van der Waals surface area (Å²) in [7, 11) is 0. The second-order valence-corrected chi connectivity index (χ2v) is 9.05. The van der Waals surface area contributed by atoms with Crippen molar-refractivity contribution in [3.63, 3.8) is 0 Å². The molecule has 144 valence electrons.